The van der Waals surface area contributed by atoms with Gasteiger partial charge in [-0.2, -0.15) is 11.8 Å². The second-order valence-corrected chi connectivity index (χ2v) is 15.4. The molecule has 1 fully saturated rings. The largest absolute Gasteiger partial charge is 0.448 e. The number of ether oxygens (including phenoxy) is 2. The third-order valence-electron chi connectivity index (χ3n) is 6.50. The number of nitrogens with two attached hydrogens (primary N) is 1. The second-order valence-electron chi connectivity index (χ2n) is 11.0. The SMILES string of the molecule is CC(C)(C)OC(=O)NCCSCc1csc(SC2=C(C(=O)OC(c3ccccc3)c3ccccc3)N3C(=O)[C@@H](N)[C@H]3SC2)n1. The number of carbonyl (C=O) groups excluding carboxylic acids is 3. The van der Waals surface area contributed by atoms with Gasteiger partial charge in [-0.1, -0.05) is 72.4 Å². The molecule has 2 aromatic carbocycles. The van der Waals surface area contributed by atoms with Gasteiger partial charge in [0.15, 0.2) is 10.4 Å². The molecule has 1 aromatic heterocycles. The van der Waals surface area contributed by atoms with Crippen LogP contribution in [0, 0.1) is 0 Å². The van der Waals surface area contributed by atoms with Crippen molar-refractivity contribution in [2.45, 2.75) is 54.0 Å². The number of nitrogens with one attached hydrogen (secondary N) is 1. The van der Waals surface area contributed by atoms with Gasteiger partial charge in [-0.05, 0) is 31.9 Å². The highest BCUT2D eigenvalue weighted by atomic mass is 32.2. The van der Waals surface area contributed by atoms with Gasteiger partial charge in [-0.3, -0.25) is 9.69 Å². The lowest BCUT2D eigenvalue weighted by Gasteiger charge is -2.48. The van der Waals surface area contributed by atoms with Crippen LogP contribution in [0.4, 0.5) is 4.79 Å². The van der Waals surface area contributed by atoms with Crippen molar-refractivity contribution < 1.29 is 23.9 Å². The Morgan fingerprint density at radius 3 is 2.41 bits per heavy atom. The lowest BCUT2D eigenvalue weighted by Crippen LogP contribution is -2.68. The average molecular weight is 671 g/mol. The first-order valence-electron chi connectivity index (χ1n) is 14.0. The van der Waals surface area contributed by atoms with E-state index in [1.165, 1.54) is 39.8 Å². The number of rotatable bonds is 11. The first-order chi connectivity index (χ1) is 21.1. The zero-order valence-corrected chi connectivity index (χ0v) is 27.8. The number of hydrogen-bond donors (Lipinski definition) is 2. The molecule has 3 N–H and O–H groups in total. The van der Waals surface area contributed by atoms with Crippen LogP contribution in [0.1, 0.15) is 43.7 Å². The Bertz CT molecular complexity index is 1470. The van der Waals surface area contributed by atoms with E-state index in [2.05, 4.69) is 5.32 Å². The van der Waals surface area contributed by atoms with Crippen molar-refractivity contribution in [3.05, 3.63) is 93.5 Å². The molecule has 1 saturated heterocycles. The minimum Gasteiger partial charge on any atom is -0.448 e. The first-order valence-corrected chi connectivity index (χ1v) is 17.9. The third kappa shape index (κ3) is 7.99. The van der Waals surface area contributed by atoms with Crippen molar-refractivity contribution in [3.63, 3.8) is 0 Å². The molecule has 2 amide bonds. The second kappa shape index (κ2) is 14.4. The zero-order valence-electron chi connectivity index (χ0n) is 24.6. The maximum Gasteiger partial charge on any atom is 0.407 e. The molecule has 5 rings (SSSR count). The highest BCUT2D eigenvalue weighted by molar-refractivity contribution is 8.07. The summed E-state index contributed by atoms with van der Waals surface area (Å²) in [4.78, 5) is 45.6. The van der Waals surface area contributed by atoms with Gasteiger partial charge in [-0.25, -0.2) is 14.6 Å². The standard InChI is InChI=1S/C31H34N4O5S4/c1-31(2,3)40-29(38)33-14-15-41-16-21-17-43-30(34-21)44-22-18-42-27-23(32)26(36)35(27)24(22)28(37)39-25(19-10-6-4-7-11-19)20-12-8-5-9-13-20/h4-13,17,23,25,27H,14-16,18,32H2,1-3H3,(H,33,38)/t23-,27-/m1/s1. The first kappa shape index (κ1) is 32.4. The van der Waals surface area contributed by atoms with Gasteiger partial charge in [0.05, 0.1) is 5.69 Å². The molecule has 0 saturated carbocycles. The van der Waals surface area contributed by atoms with Crippen LogP contribution in [0.25, 0.3) is 0 Å². The summed E-state index contributed by atoms with van der Waals surface area (Å²) in [6.07, 6.45) is -1.07. The van der Waals surface area contributed by atoms with Crippen molar-refractivity contribution in [2.24, 2.45) is 5.73 Å². The molecule has 0 unspecified atom stereocenters. The number of fused-ring (bicyclic) bond motifs is 1. The number of esters is 1. The Kier molecular flexibility index (Phi) is 10.6. The van der Waals surface area contributed by atoms with Gasteiger partial charge < -0.3 is 20.5 Å². The minimum atomic E-state index is -0.651. The predicted molar refractivity (Wildman–Crippen MR) is 177 cm³/mol. The Labute approximate surface area is 273 Å². The molecule has 3 aromatic rings. The van der Waals surface area contributed by atoms with Crippen LogP contribution in [-0.4, -0.2) is 62.9 Å². The molecular weight excluding hydrogens is 637 g/mol. The zero-order chi connectivity index (χ0) is 31.3. The summed E-state index contributed by atoms with van der Waals surface area (Å²) in [6, 6.07) is 18.5. The number of nitrogens with zero attached hydrogens (tertiary/aromatic N) is 2. The number of β-lactam (4-membered cyclic amide) rings is 1. The van der Waals surface area contributed by atoms with Crippen molar-refractivity contribution in [1.82, 2.24) is 15.2 Å². The number of thioether (sulfide) groups is 3. The molecule has 13 heteroatoms. The van der Waals surface area contributed by atoms with Crippen LogP contribution in [0.15, 0.2) is 81.0 Å². The number of alkyl carbamates (subject to hydrolysis) is 1. The minimum absolute atomic E-state index is 0.238. The Morgan fingerprint density at radius 1 is 1.11 bits per heavy atom. The van der Waals surface area contributed by atoms with Crippen molar-refractivity contribution in [3.8, 4) is 0 Å². The summed E-state index contributed by atoms with van der Waals surface area (Å²) >= 11 is 6.06. The van der Waals surface area contributed by atoms with Gasteiger partial charge in [-0.15, -0.1) is 23.1 Å². The van der Waals surface area contributed by atoms with Crippen LogP contribution < -0.4 is 11.1 Å². The topological polar surface area (TPSA) is 124 Å². The molecule has 9 nitrogen and oxygen atoms in total. The highest BCUT2D eigenvalue weighted by Crippen LogP contribution is 2.46. The molecule has 0 spiro atoms. The molecule has 0 bridgehead atoms. The van der Waals surface area contributed by atoms with E-state index < -0.39 is 29.8 Å². The van der Waals surface area contributed by atoms with Crippen LogP contribution in [0.2, 0.25) is 0 Å². The molecule has 3 heterocycles. The number of thiazole rings is 1. The Hall–Kier alpha value is -2.97. The third-order valence-corrected chi connectivity index (χ3v) is 11.1. The molecule has 2 aliphatic rings. The van der Waals surface area contributed by atoms with Gasteiger partial charge in [0.25, 0.3) is 0 Å². The molecule has 2 aliphatic heterocycles. The summed E-state index contributed by atoms with van der Waals surface area (Å²) in [5.41, 5.74) is 8.37. The lowest BCUT2D eigenvalue weighted by molar-refractivity contribution is -0.152. The van der Waals surface area contributed by atoms with Crippen LogP contribution >= 0.6 is 46.6 Å². The van der Waals surface area contributed by atoms with E-state index in [0.717, 1.165) is 21.2 Å². The lowest BCUT2D eigenvalue weighted by atomic mass is 10.0. The van der Waals surface area contributed by atoms with E-state index in [1.54, 1.807) is 11.8 Å². The molecule has 0 radical (unpaired) electrons. The van der Waals surface area contributed by atoms with Crippen LogP contribution in [0.3, 0.4) is 0 Å². The Morgan fingerprint density at radius 2 is 1.77 bits per heavy atom. The van der Waals surface area contributed by atoms with Crippen molar-refractivity contribution in [2.75, 3.05) is 18.1 Å². The van der Waals surface area contributed by atoms with Crippen LogP contribution in [0.5, 0.6) is 0 Å². The quantitative estimate of drug-likeness (QED) is 0.147. The monoisotopic (exact) mass is 670 g/mol. The highest BCUT2D eigenvalue weighted by Gasteiger charge is 2.52. The van der Waals surface area contributed by atoms with Gasteiger partial charge >= 0.3 is 12.1 Å². The van der Waals surface area contributed by atoms with Crippen molar-refractivity contribution >= 4 is 64.6 Å². The molecular formula is C31H34N4O5S4. The van der Waals surface area contributed by atoms with Gasteiger partial charge in [0.2, 0.25) is 5.91 Å². The summed E-state index contributed by atoms with van der Waals surface area (Å²) in [7, 11) is 0. The van der Waals surface area contributed by atoms with Crippen molar-refractivity contribution in [1.29, 1.82) is 0 Å². The number of aromatic nitrogens is 1. The smallest absolute Gasteiger partial charge is 0.407 e. The maximum absolute atomic E-state index is 13.9. The summed E-state index contributed by atoms with van der Waals surface area (Å²) < 4.78 is 12.2. The van der Waals surface area contributed by atoms with E-state index >= 15 is 0 Å². The molecule has 44 heavy (non-hydrogen) atoms. The molecule has 0 aliphatic carbocycles. The number of amides is 2. The van der Waals surface area contributed by atoms with E-state index in [1.807, 2.05) is 86.8 Å². The predicted octanol–water partition coefficient (Wildman–Crippen LogP) is 5.78. The number of benzene rings is 2. The van der Waals surface area contributed by atoms with E-state index in [0.29, 0.717) is 28.7 Å². The van der Waals surface area contributed by atoms with E-state index in [-0.39, 0.29) is 17.0 Å². The molecule has 232 valence electrons. The number of carbonyl (C=O) groups is 3. The fraction of sp³-hybridized carbons (Fsp3) is 0.355. The van der Waals surface area contributed by atoms with E-state index in [4.69, 9.17) is 20.2 Å². The fourth-order valence-electron chi connectivity index (χ4n) is 4.53. The summed E-state index contributed by atoms with van der Waals surface area (Å²) in [6.45, 7) is 5.97. The average Bonchev–Trinajstić information content (AvgIpc) is 3.45. The Balaban J connectivity index is 1.28. The van der Waals surface area contributed by atoms with E-state index in [9.17, 15) is 14.4 Å². The normalized spacial score (nSPS) is 18.1. The maximum atomic E-state index is 13.9. The molecule has 2 atom stereocenters. The summed E-state index contributed by atoms with van der Waals surface area (Å²) in [5.74, 6) is 1.03. The summed E-state index contributed by atoms with van der Waals surface area (Å²) in [5, 5.41) is 4.44. The van der Waals surface area contributed by atoms with Crippen LogP contribution in [-0.2, 0) is 24.8 Å². The number of hydrogen-bond acceptors (Lipinski definition) is 11. The van der Waals surface area contributed by atoms with Gasteiger partial charge in [0, 0.05) is 34.1 Å². The fourth-order valence-corrected chi connectivity index (χ4v) is 8.79. The van der Waals surface area contributed by atoms with Gasteiger partial charge in [0.1, 0.15) is 22.7 Å².